The highest BCUT2D eigenvalue weighted by Crippen LogP contribution is 2.32. The van der Waals surface area contributed by atoms with Crippen molar-refractivity contribution in [3.8, 4) is 11.4 Å². The fourth-order valence-corrected chi connectivity index (χ4v) is 3.34. The maximum Gasteiger partial charge on any atom is 0.416 e. The topological polar surface area (TPSA) is 71.3 Å². The van der Waals surface area contributed by atoms with E-state index in [2.05, 4.69) is 20.4 Å². The molecule has 1 aromatic heterocycles. The lowest BCUT2D eigenvalue weighted by atomic mass is 10.1. The lowest BCUT2D eigenvalue weighted by Crippen LogP contribution is -2.25. The van der Waals surface area contributed by atoms with Gasteiger partial charge < -0.3 is 9.84 Å². The zero-order valence-electron chi connectivity index (χ0n) is 16.8. The lowest BCUT2D eigenvalue weighted by molar-refractivity contribution is -0.137. The predicted molar refractivity (Wildman–Crippen MR) is 107 cm³/mol. The van der Waals surface area contributed by atoms with Gasteiger partial charge in [-0.15, -0.1) is 0 Å². The first-order chi connectivity index (χ1) is 14.8. The molecule has 1 N–H and O–H groups in total. The first kappa shape index (κ1) is 21.0. The highest BCUT2D eigenvalue weighted by atomic mass is 19.4. The maximum absolute atomic E-state index is 13.0. The maximum atomic E-state index is 13.0. The van der Waals surface area contributed by atoms with Crippen molar-refractivity contribution in [1.29, 1.82) is 0 Å². The van der Waals surface area contributed by atoms with Crippen LogP contribution in [-0.4, -0.2) is 34.0 Å². The van der Waals surface area contributed by atoms with E-state index in [9.17, 15) is 18.0 Å². The third-order valence-electron chi connectivity index (χ3n) is 5.15. The summed E-state index contributed by atoms with van der Waals surface area (Å²) in [7, 11) is 1.59. The van der Waals surface area contributed by atoms with Crippen LogP contribution in [0.5, 0.6) is 0 Å². The van der Waals surface area contributed by atoms with Crippen LogP contribution in [0.1, 0.15) is 40.2 Å². The number of nitrogens with one attached hydrogen (secondary N) is 1. The standard InChI is InChI=1S/C22H21F3N4O2/c1-26-21(30)15-7-5-14(6-8-15)12-29(18-9-10-18)13-19-27-20(28-31-19)16-3-2-4-17(11-16)22(23,24)25/h2-8,11,18H,9-10,12-13H2,1H3,(H,26,30). The zero-order chi connectivity index (χ0) is 22.0. The number of hydrogen-bond donors (Lipinski definition) is 1. The van der Waals surface area contributed by atoms with Gasteiger partial charge in [0.2, 0.25) is 11.7 Å². The molecule has 0 unspecified atom stereocenters. The monoisotopic (exact) mass is 430 g/mol. The summed E-state index contributed by atoms with van der Waals surface area (Å²) < 4.78 is 44.2. The quantitative estimate of drug-likeness (QED) is 0.606. The predicted octanol–water partition coefficient (Wildman–Crippen LogP) is 4.28. The minimum atomic E-state index is -4.43. The second-order valence-electron chi connectivity index (χ2n) is 7.50. The van der Waals surface area contributed by atoms with Crippen molar-refractivity contribution in [2.75, 3.05) is 7.05 Å². The van der Waals surface area contributed by atoms with Gasteiger partial charge in [-0.2, -0.15) is 18.2 Å². The molecular formula is C22H21F3N4O2. The molecule has 2 aromatic carbocycles. The smallest absolute Gasteiger partial charge is 0.355 e. The van der Waals surface area contributed by atoms with E-state index in [1.165, 1.54) is 12.1 Å². The molecule has 0 bridgehead atoms. The molecule has 1 saturated carbocycles. The first-order valence-electron chi connectivity index (χ1n) is 9.89. The van der Waals surface area contributed by atoms with E-state index in [4.69, 9.17) is 4.52 Å². The van der Waals surface area contributed by atoms with E-state index in [1.807, 2.05) is 12.1 Å². The fourth-order valence-electron chi connectivity index (χ4n) is 3.34. The lowest BCUT2D eigenvalue weighted by Gasteiger charge is -2.20. The molecule has 4 rings (SSSR count). The molecule has 1 heterocycles. The summed E-state index contributed by atoms with van der Waals surface area (Å²) in [6, 6.07) is 12.6. The summed E-state index contributed by atoms with van der Waals surface area (Å²) in [5.74, 6) is 0.339. The van der Waals surface area contributed by atoms with E-state index in [0.29, 0.717) is 30.6 Å². The van der Waals surface area contributed by atoms with Crippen molar-refractivity contribution >= 4 is 5.91 Å². The molecule has 0 saturated heterocycles. The number of carbonyl (C=O) groups is 1. The molecule has 3 aromatic rings. The highest BCUT2D eigenvalue weighted by Gasteiger charge is 2.32. The van der Waals surface area contributed by atoms with Crippen molar-refractivity contribution < 1.29 is 22.5 Å². The fraction of sp³-hybridized carbons (Fsp3) is 0.318. The van der Waals surface area contributed by atoms with E-state index >= 15 is 0 Å². The molecule has 1 aliphatic rings. The number of aromatic nitrogens is 2. The van der Waals surface area contributed by atoms with Crippen molar-refractivity contribution in [3.63, 3.8) is 0 Å². The van der Waals surface area contributed by atoms with Gasteiger partial charge in [0, 0.05) is 30.8 Å². The SMILES string of the molecule is CNC(=O)c1ccc(CN(Cc2nc(-c3cccc(C(F)(F)F)c3)no2)C2CC2)cc1. The minimum Gasteiger partial charge on any atom is -0.355 e. The Balaban J connectivity index is 1.47. The van der Waals surface area contributed by atoms with Crippen LogP contribution in [0.15, 0.2) is 53.1 Å². The number of nitrogens with zero attached hydrogens (tertiary/aromatic N) is 3. The Bertz CT molecular complexity index is 1060. The normalized spacial score (nSPS) is 14.1. The third-order valence-corrected chi connectivity index (χ3v) is 5.15. The second-order valence-corrected chi connectivity index (χ2v) is 7.50. The summed E-state index contributed by atoms with van der Waals surface area (Å²) in [4.78, 5) is 18.2. The number of carbonyl (C=O) groups excluding carboxylic acids is 1. The number of benzene rings is 2. The van der Waals surface area contributed by atoms with Gasteiger partial charge in [0.05, 0.1) is 12.1 Å². The van der Waals surface area contributed by atoms with E-state index in [1.54, 1.807) is 19.2 Å². The van der Waals surface area contributed by atoms with Gasteiger partial charge in [-0.1, -0.05) is 29.4 Å². The van der Waals surface area contributed by atoms with Crippen LogP contribution in [0.4, 0.5) is 13.2 Å². The van der Waals surface area contributed by atoms with Crippen LogP contribution in [0, 0.1) is 0 Å². The summed E-state index contributed by atoms with van der Waals surface area (Å²) in [6.45, 7) is 1.04. The molecule has 1 amide bonds. The third kappa shape index (κ3) is 5.11. The Hall–Kier alpha value is -3.20. The summed E-state index contributed by atoms with van der Waals surface area (Å²) in [5.41, 5.74) is 1.13. The number of halogens is 3. The van der Waals surface area contributed by atoms with Gasteiger partial charge in [0.25, 0.3) is 5.91 Å². The van der Waals surface area contributed by atoms with Crippen LogP contribution in [0.3, 0.4) is 0 Å². The van der Waals surface area contributed by atoms with Crippen LogP contribution in [-0.2, 0) is 19.3 Å². The Morgan fingerprint density at radius 1 is 1.16 bits per heavy atom. The molecule has 6 nitrogen and oxygen atoms in total. The largest absolute Gasteiger partial charge is 0.416 e. The molecular weight excluding hydrogens is 409 g/mol. The number of alkyl halides is 3. The Morgan fingerprint density at radius 3 is 2.55 bits per heavy atom. The van der Waals surface area contributed by atoms with Crippen LogP contribution in [0.25, 0.3) is 11.4 Å². The summed E-state index contributed by atoms with van der Waals surface area (Å²) in [6.07, 6.45) is -2.31. The molecule has 1 fully saturated rings. The Labute approximate surface area is 177 Å². The van der Waals surface area contributed by atoms with Crippen molar-refractivity contribution in [2.24, 2.45) is 0 Å². The number of hydrogen-bond acceptors (Lipinski definition) is 5. The molecule has 31 heavy (non-hydrogen) atoms. The number of amides is 1. The van der Waals surface area contributed by atoms with Crippen molar-refractivity contribution in [2.45, 2.75) is 38.1 Å². The van der Waals surface area contributed by atoms with Gasteiger partial charge in [-0.25, -0.2) is 0 Å². The average Bonchev–Trinajstić information content (AvgIpc) is 3.51. The van der Waals surface area contributed by atoms with Crippen LogP contribution >= 0.6 is 0 Å². The van der Waals surface area contributed by atoms with Gasteiger partial charge in [0.15, 0.2) is 0 Å². The van der Waals surface area contributed by atoms with Gasteiger partial charge in [-0.3, -0.25) is 9.69 Å². The van der Waals surface area contributed by atoms with Gasteiger partial charge >= 0.3 is 6.18 Å². The molecule has 0 spiro atoms. The van der Waals surface area contributed by atoms with E-state index in [-0.39, 0.29) is 17.3 Å². The highest BCUT2D eigenvalue weighted by molar-refractivity contribution is 5.93. The molecule has 162 valence electrons. The molecule has 1 aliphatic carbocycles. The van der Waals surface area contributed by atoms with Crippen LogP contribution < -0.4 is 5.32 Å². The molecule has 0 atom stereocenters. The Morgan fingerprint density at radius 2 is 1.90 bits per heavy atom. The molecule has 9 heteroatoms. The Kier molecular flexibility index (Phi) is 5.77. The molecule has 0 aliphatic heterocycles. The zero-order valence-corrected chi connectivity index (χ0v) is 16.8. The first-order valence-corrected chi connectivity index (χ1v) is 9.89. The van der Waals surface area contributed by atoms with E-state index in [0.717, 1.165) is 30.5 Å². The average molecular weight is 430 g/mol. The summed E-state index contributed by atoms with van der Waals surface area (Å²) >= 11 is 0. The molecule has 0 radical (unpaired) electrons. The van der Waals surface area contributed by atoms with Gasteiger partial charge in [0.1, 0.15) is 0 Å². The van der Waals surface area contributed by atoms with Gasteiger partial charge in [-0.05, 0) is 42.7 Å². The summed E-state index contributed by atoms with van der Waals surface area (Å²) in [5, 5.41) is 6.46. The van der Waals surface area contributed by atoms with Crippen molar-refractivity contribution in [3.05, 3.63) is 71.1 Å². The second kappa shape index (κ2) is 8.50. The minimum absolute atomic E-state index is 0.131. The van der Waals surface area contributed by atoms with Crippen molar-refractivity contribution in [1.82, 2.24) is 20.4 Å². The number of rotatable bonds is 7. The van der Waals surface area contributed by atoms with E-state index < -0.39 is 11.7 Å². The van der Waals surface area contributed by atoms with Crippen LogP contribution in [0.2, 0.25) is 0 Å².